The number of carbonyl (C=O) groups is 1. The molecule has 1 aliphatic heterocycles. The number of alkyl halides is 5. The van der Waals surface area contributed by atoms with Crippen LogP contribution in [-0.2, 0) is 33.7 Å². The number of methoxy groups -OCH3 is 1. The van der Waals surface area contributed by atoms with Gasteiger partial charge >= 0.3 is 70.1 Å². The summed E-state index contributed by atoms with van der Waals surface area (Å²) in [6.07, 6.45) is -5.22. The molecule has 0 saturated heterocycles. The van der Waals surface area contributed by atoms with Crippen LogP contribution >= 0.6 is 23.2 Å². The number of hydrogen-bond donors (Lipinski definition) is 1. The van der Waals surface area contributed by atoms with E-state index in [0.29, 0.717) is 4.68 Å². The number of hydrogen-bond acceptors (Lipinski definition) is 8. The van der Waals surface area contributed by atoms with Gasteiger partial charge in [-0.3, -0.25) is 0 Å². The summed E-state index contributed by atoms with van der Waals surface area (Å²) in [7, 11) is -2.09. The first-order chi connectivity index (χ1) is 17.3. The van der Waals surface area contributed by atoms with Crippen molar-refractivity contribution < 1.29 is 107 Å². The normalized spacial score (nSPS) is 14.5. The third-order valence-corrected chi connectivity index (χ3v) is 6.92. The average molecular weight is 652 g/mol. The molecule has 19 heteroatoms. The van der Waals surface area contributed by atoms with Crippen molar-refractivity contribution in [2.75, 3.05) is 7.11 Å². The van der Waals surface area contributed by atoms with Gasteiger partial charge in [-0.1, -0.05) is 28.4 Å². The van der Waals surface area contributed by atoms with E-state index in [9.17, 15) is 35.2 Å². The first-order valence-corrected chi connectivity index (χ1v) is 12.5. The van der Waals surface area contributed by atoms with E-state index >= 15 is 0 Å². The number of oxime groups is 1. The molecule has 0 unspecified atom stereocenters. The summed E-state index contributed by atoms with van der Waals surface area (Å²) in [4.78, 5) is 15.6. The largest absolute Gasteiger partial charge is 1.00 e. The molecule has 0 spiro atoms. The van der Waals surface area contributed by atoms with Gasteiger partial charge in [0.15, 0.2) is 26.3 Å². The molecule has 0 saturated carbocycles. The van der Waals surface area contributed by atoms with Crippen LogP contribution in [0.4, 0.5) is 22.0 Å². The number of halogens is 7. The molecule has 1 aromatic carbocycles. The quantitative estimate of drug-likeness (QED) is 0.372. The van der Waals surface area contributed by atoms with Crippen LogP contribution in [0.2, 0.25) is 10.0 Å². The van der Waals surface area contributed by atoms with E-state index in [1.165, 1.54) is 33.1 Å². The molecule has 3 rings (SSSR count). The second-order valence-electron chi connectivity index (χ2n) is 8.15. The molecule has 2 aromatic rings. The monoisotopic (exact) mass is 651 g/mol. The van der Waals surface area contributed by atoms with E-state index in [4.69, 9.17) is 37.9 Å². The number of ether oxygens (including phenoxy) is 2. The van der Waals surface area contributed by atoms with Gasteiger partial charge in [0.2, 0.25) is 5.88 Å². The Kier molecular flexibility index (Phi) is 12.5. The number of rotatable bonds is 6. The molecule has 214 valence electrons. The molecule has 0 fully saturated rings. The average Bonchev–Trinajstić information content (AvgIpc) is 3.29. The van der Waals surface area contributed by atoms with Gasteiger partial charge in [-0.25, -0.2) is 17.9 Å². The van der Waals surface area contributed by atoms with E-state index in [1.807, 2.05) is 0 Å². The topological polar surface area (TPSA) is 129 Å². The number of sulfone groups is 1. The second-order valence-corrected chi connectivity index (χ2v) is 11.0. The van der Waals surface area contributed by atoms with Crippen molar-refractivity contribution in [3.8, 4) is 11.6 Å². The van der Waals surface area contributed by atoms with Crippen LogP contribution in [0, 0.1) is 0 Å². The Morgan fingerprint density at radius 1 is 1.28 bits per heavy atom. The Morgan fingerprint density at radius 3 is 2.26 bits per heavy atom. The van der Waals surface area contributed by atoms with Gasteiger partial charge in [-0.05, 0) is 26.0 Å². The summed E-state index contributed by atoms with van der Waals surface area (Å²) in [6, 6.07) is 2.89. The van der Waals surface area contributed by atoms with Crippen LogP contribution < -0.4 is 60.9 Å². The van der Waals surface area contributed by atoms with Crippen molar-refractivity contribution in [2.45, 2.75) is 44.4 Å². The number of aryl methyl sites for hydroxylation is 1. The van der Waals surface area contributed by atoms with Gasteiger partial charge in [-0.2, -0.15) is 27.1 Å². The molecular formula is C20H21Cl2F5KN3O7S. The SMILES string of the molecule is COc1c(Cl)ccc(Cl)c1C(=O)O.Cn1nc(C(F)(F)F)c(CS(=O)(=O)C2=NOC(C)(C)C2)c1OC(F)F.[H-].[K+]. The number of carboxylic acids is 1. The number of nitrogens with zero attached hydrogens (tertiary/aromatic N) is 3. The fraction of sp³-hybridized carbons (Fsp3) is 0.450. The van der Waals surface area contributed by atoms with Gasteiger partial charge in [0, 0.05) is 13.5 Å². The first-order valence-electron chi connectivity index (χ1n) is 10.1. The van der Waals surface area contributed by atoms with Crippen molar-refractivity contribution >= 4 is 44.1 Å². The minimum atomic E-state index is -5.06. The van der Waals surface area contributed by atoms with Crippen molar-refractivity contribution in [1.29, 1.82) is 0 Å². The minimum absolute atomic E-state index is 0. The predicted octanol–water partition coefficient (Wildman–Crippen LogP) is 2.28. The number of aromatic carboxylic acids is 1. The van der Waals surface area contributed by atoms with Gasteiger partial charge < -0.3 is 20.8 Å². The first kappa shape index (κ1) is 35.8. The molecule has 1 aromatic heterocycles. The van der Waals surface area contributed by atoms with Crippen molar-refractivity contribution in [3.05, 3.63) is 39.0 Å². The maximum Gasteiger partial charge on any atom is 1.00 e. The summed E-state index contributed by atoms with van der Waals surface area (Å²) in [5, 5.41) is 15.1. The van der Waals surface area contributed by atoms with Gasteiger partial charge in [0.1, 0.15) is 11.2 Å². The summed E-state index contributed by atoms with van der Waals surface area (Å²) in [5.41, 5.74) is -3.68. The molecule has 0 bridgehead atoms. The third-order valence-electron chi connectivity index (χ3n) is 4.70. The van der Waals surface area contributed by atoms with Gasteiger partial charge in [0.05, 0.1) is 28.5 Å². The Labute approximate surface area is 273 Å². The molecule has 39 heavy (non-hydrogen) atoms. The third kappa shape index (κ3) is 9.14. The maximum absolute atomic E-state index is 13.1. The van der Waals surface area contributed by atoms with E-state index in [0.717, 1.165) is 7.05 Å². The summed E-state index contributed by atoms with van der Waals surface area (Å²) in [5.74, 6) is -3.31. The fourth-order valence-corrected chi connectivity index (χ4v) is 5.11. The molecule has 0 atom stereocenters. The fourth-order valence-electron chi connectivity index (χ4n) is 3.12. The summed E-state index contributed by atoms with van der Waals surface area (Å²) >= 11 is 11.4. The molecule has 1 aliphatic rings. The Balaban J connectivity index is 0.000000864. The van der Waals surface area contributed by atoms with Crippen LogP contribution in [0.25, 0.3) is 0 Å². The molecule has 2 heterocycles. The zero-order valence-corrected chi connectivity index (χ0v) is 26.4. The standard InChI is InChI=1S/C12H14F5N3O4S.C8H6Cl2O3.K.H/c1-11(2)4-7(19-24-11)25(21,22)5-6-8(12(15,16)17)18-20(3)9(6)23-10(13)14;1-13-7-5(10)3-2-4(9)6(7)8(11)12;;/h10H,4-5H2,1-3H3;2-3H,1H3,(H,11,12);;/q;;+1;-1. The van der Waals surface area contributed by atoms with Crippen LogP contribution in [0.15, 0.2) is 17.3 Å². The van der Waals surface area contributed by atoms with Crippen molar-refractivity contribution in [1.82, 2.24) is 9.78 Å². The molecule has 0 aliphatic carbocycles. The Bertz CT molecular complexity index is 1360. The van der Waals surface area contributed by atoms with Crippen molar-refractivity contribution in [3.63, 3.8) is 0 Å². The van der Waals surface area contributed by atoms with Crippen LogP contribution in [0.5, 0.6) is 11.6 Å². The molecule has 1 N–H and O–H groups in total. The number of carboxylic acid groups (broad SMARTS) is 1. The number of aromatic nitrogens is 2. The smallest absolute Gasteiger partial charge is 1.00 e. The van der Waals surface area contributed by atoms with Crippen LogP contribution in [0.1, 0.15) is 43.3 Å². The second kappa shape index (κ2) is 13.6. The predicted molar refractivity (Wildman–Crippen MR) is 126 cm³/mol. The Morgan fingerprint density at radius 2 is 1.85 bits per heavy atom. The van der Waals surface area contributed by atoms with Crippen LogP contribution in [0.3, 0.4) is 0 Å². The zero-order chi connectivity index (χ0) is 29.2. The molecule has 0 radical (unpaired) electrons. The van der Waals surface area contributed by atoms with E-state index < -0.39 is 62.1 Å². The minimum Gasteiger partial charge on any atom is -1.00 e. The van der Waals surface area contributed by atoms with E-state index in [-0.39, 0.29) is 80.6 Å². The van der Waals surface area contributed by atoms with Crippen molar-refractivity contribution in [2.24, 2.45) is 12.2 Å². The maximum atomic E-state index is 13.1. The van der Waals surface area contributed by atoms with Gasteiger partial charge in [0.25, 0.3) is 0 Å². The zero-order valence-electron chi connectivity index (χ0n) is 21.9. The van der Waals surface area contributed by atoms with E-state index in [2.05, 4.69) is 15.0 Å². The van der Waals surface area contributed by atoms with Crippen LogP contribution in [-0.4, -0.2) is 53.6 Å². The molecular weight excluding hydrogens is 631 g/mol. The van der Waals surface area contributed by atoms with Gasteiger partial charge in [-0.15, -0.1) is 0 Å². The van der Waals surface area contributed by atoms with E-state index in [1.54, 1.807) is 0 Å². The molecule has 10 nitrogen and oxygen atoms in total. The molecule has 0 amide bonds. The summed E-state index contributed by atoms with van der Waals surface area (Å²) in [6.45, 7) is -0.380. The summed E-state index contributed by atoms with van der Waals surface area (Å²) < 4.78 is 98.2. The number of benzene rings is 1. The Hall–Kier alpha value is -1.21.